The van der Waals surface area contributed by atoms with E-state index in [0.29, 0.717) is 29.5 Å². The van der Waals surface area contributed by atoms with Gasteiger partial charge in [0.25, 0.3) is 10.0 Å². The molecule has 2 aliphatic rings. The fourth-order valence-electron chi connectivity index (χ4n) is 3.56. The van der Waals surface area contributed by atoms with Crippen molar-refractivity contribution in [1.82, 2.24) is 9.62 Å². The molecule has 4 rings (SSSR count). The van der Waals surface area contributed by atoms with E-state index in [4.69, 9.17) is 11.6 Å². The van der Waals surface area contributed by atoms with Crippen molar-refractivity contribution in [2.24, 2.45) is 4.99 Å². The number of nitrogens with zero attached hydrogens (tertiary/aromatic N) is 3. The topological polar surface area (TPSA) is 82.1 Å². The van der Waals surface area contributed by atoms with Gasteiger partial charge in [0.05, 0.1) is 11.4 Å². The van der Waals surface area contributed by atoms with Gasteiger partial charge in [-0.15, -0.1) is 0 Å². The number of hydrogen-bond acceptors (Lipinski definition) is 5. The molecule has 2 aromatic carbocycles. The van der Waals surface area contributed by atoms with Gasteiger partial charge in [0, 0.05) is 48.9 Å². The average Bonchev–Trinajstić information content (AvgIpc) is 2.98. The van der Waals surface area contributed by atoms with Crippen LogP contribution in [0.2, 0.25) is 5.02 Å². The normalized spacial score (nSPS) is 19.1. The molecule has 1 amide bonds. The Labute approximate surface area is 175 Å². The lowest BCUT2D eigenvalue weighted by atomic mass is 10.2. The Balaban J connectivity index is 1.32. The highest BCUT2D eigenvalue weighted by Crippen LogP contribution is 2.23. The highest BCUT2D eigenvalue weighted by molar-refractivity contribution is 7.90. The number of amidine groups is 1. The number of rotatable bonds is 4. The Hall–Kier alpha value is -2.58. The van der Waals surface area contributed by atoms with Crippen LogP contribution in [-0.2, 0) is 14.8 Å². The van der Waals surface area contributed by atoms with Crippen molar-refractivity contribution < 1.29 is 13.2 Å². The Kier molecular flexibility index (Phi) is 5.47. The first-order chi connectivity index (χ1) is 13.9. The largest absolute Gasteiger partial charge is 0.368 e. The molecule has 152 valence electrons. The summed E-state index contributed by atoms with van der Waals surface area (Å²) in [5.41, 5.74) is 1.61. The molecule has 1 fully saturated rings. The van der Waals surface area contributed by atoms with Crippen molar-refractivity contribution in [2.75, 3.05) is 37.6 Å². The van der Waals surface area contributed by atoms with Crippen molar-refractivity contribution >= 4 is 39.1 Å². The van der Waals surface area contributed by atoms with Gasteiger partial charge in [0.15, 0.2) is 0 Å². The number of piperazine rings is 1. The average molecular weight is 433 g/mol. The van der Waals surface area contributed by atoms with E-state index in [1.54, 1.807) is 24.3 Å². The summed E-state index contributed by atoms with van der Waals surface area (Å²) in [5.74, 6) is 0.327. The van der Waals surface area contributed by atoms with Crippen LogP contribution in [-0.4, -0.2) is 57.8 Å². The molecule has 2 aliphatic heterocycles. The number of nitrogens with one attached hydrogen (secondary N) is 1. The van der Waals surface area contributed by atoms with E-state index in [2.05, 4.69) is 14.6 Å². The lowest BCUT2D eigenvalue weighted by Gasteiger charge is -2.36. The number of anilines is 1. The van der Waals surface area contributed by atoms with Crippen molar-refractivity contribution in [2.45, 2.75) is 11.3 Å². The predicted molar refractivity (Wildman–Crippen MR) is 113 cm³/mol. The Morgan fingerprint density at radius 2 is 1.83 bits per heavy atom. The maximum absolute atomic E-state index is 12.5. The molecular formula is C20H21ClN4O3S. The molecule has 0 bridgehead atoms. The van der Waals surface area contributed by atoms with Gasteiger partial charge in [-0.2, -0.15) is 0 Å². The standard InChI is InChI=1S/C20H21ClN4O3S/c21-15-4-3-5-16(14-15)24-10-12-25(13-11-24)19(26)8-9-22-20-17-6-1-2-7-18(17)29(27,28)23-20/h1-7,14H,8-13H2,(H,22,23). The fourth-order valence-corrected chi connectivity index (χ4v) is 5.00. The molecule has 1 saturated heterocycles. The van der Waals surface area contributed by atoms with Crippen LogP contribution in [0.3, 0.4) is 0 Å². The predicted octanol–water partition coefficient (Wildman–Crippen LogP) is 2.12. The minimum atomic E-state index is -3.55. The summed E-state index contributed by atoms with van der Waals surface area (Å²) in [4.78, 5) is 21.1. The highest BCUT2D eigenvalue weighted by atomic mass is 35.5. The van der Waals surface area contributed by atoms with Gasteiger partial charge >= 0.3 is 0 Å². The number of halogens is 1. The van der Waals surface area contributed by atoms with Crippen LogP contribution in [0, 0.1) is 0 Å². The van der Waals surface area contributed by atoms with Gasteiger partial charge in [0.2, 0.25) is 5.91 Å². The van der Waals surface area contributed by atoms with Crippen LogP contribution in [0.25, 0.3) is 0 Å². The van der Waals surface area contributed by atoms with Gasteiger partial charge in [-0.1, -0.05) is 29.8 Å². The second kappa shape index (κ2) is 8.04. The molecule has 7 nitrogen and oxygen atoms in total. The summed E-state index contributed by atoms with van der Waals surface area (Å²) >= 11 is 6.06. The molecule has 9 heteroatoms. The summed E-state index contributed by atoms with van der Waals surface area (Å²) in [5, 5.41) is 0.698. The van der Waals surface area contributed by atoms with Gasteiger partial charge in [-0.3, -0.25) is 14.5 Å². The third kappa shape index (κ3) is 4.23. The zero-order valence-electron chi connectivity index (χ0n) is 15.7. The molecule has 0 spiro atoms. The Morgan fingerprint density at radius 1 is 1.07 bits per heavy atom. The van der Waals surface area contributed by atoms with Crippen LogP contribution >= 0.6 is 11.6 Å². The third-order valence-electron chi connectivity index (χ3n) is 5.06. The summed E-state index contributed by atoms with van der Waals surface area (Å²) in [6, 6.07) is 14.4. The molecule has 0 saturated carbocycles. The van der Waals surface area contributed by atoms with Crippen LogP contribution in [0.5, 0.6) is 0 Å². The second-order valence-electron chi connectivity index (χ2n) is 6.93. The number of aliphatic imine (C=N–C) groups is 1. The van der Waals surface area contributed by atoms with Gasteiger partial charge in [-0.25, -0.2) is 8.42 Å². The Morgan fingerprint density at radius 3 is 2.59 bits per heavy atom. The zero-order chi connectivity index (χ0) is 20.4. The van der Waals surface area contributed by atoms with Gasteiger partial charge in [0.1, 0.15) is 5.84 Å². The van der Waals surface area contributed by atoms with Crippen molar-refractivity contribution in [3.63, 3.8) is 0 Å². The molecule has 2 heterocycles. The molecule has 0 radical (unpaired) electrons. The van der Waals surface area contributed by atoms with E-state index in [0.717, 1.165) is 18.8 Å². The highest BCUT2D eigenvalue weighted by Gasteiger charge is 2.30. The van der Waals surface area contributed by atoms with Crippen LogP contribution in [0.15, 0.2) is 58.4 Å². The quantitative estimate of drug-likeness (QED) is 0.802. The number of amides is 1. The maximum atomic E-state index is 12.5. The van der Waals surface area contributed by atoms with E-state index in [1.165, 1.54) is 0 Å². The number of carbonyl (C=O) groups is 1. The SMILES string of the molecule is O=C(CCN=C1NS(=O)(=O)c2ccccc21)N1CCN(c2cccc(Cl)c2)CC1. The van der Waals surface area contributed by atoms with Crippen molar-refractivity contribution in [3.8, 4) is 0 Å². The zero-order valence-corrected chi connectivity index (χ0v) is 17.3. The van der Waals surface area contributed by atoms with Crippen molar-refractivity contribution in [3.05, 3.63) is 59.1 Å². The smallest absolute Gasteiger partial charge is 0.263 e. The molecule has 0 aliphatic carbocycles. The number of hydrogen-bond donors (Lipinski definition) is 1. The first kappa shape index (κ1) is 19.7. The van der Waals surface area contributed by atoms with Gasteiger partial charge in [-0.05, 0) is 30.3 Å². The monoisotopic (exact) mass is 432 g/mol. The fraction of sp³-hybridized carbons (Fsp3) is 0.300. The molecule has 1 N–H and O–H groups in total. The molecule has 0 atom stereocenters. The molecular weight excluding hydrogens is 412 g/mol. The lowest BCUT2D eigenvalue weighted by molar-refractivity contribution is -0.131. The minimum Gasteiger partial charge on any atom is -0.368 e. The molecule has 0 aromatic heterocycles. The first-order valence-electron chi connectivity index (χ1n) is 9.39. The summed E-state index contributed by atoms with van der Waals surface area (Å²) in [7, 11) is -3.55. The summed E-state index contributed by atoms with van der Waals surface area (Å²) < 4.78 is 26.7. The molecule has 29 heavy (non-hydrogen) atoms. The van der Waals surface area contributed by atoms with E-state index in [9.17, 15) is 13.2 Å². The lowest BCUT2D eigenvalue weighted by Crippen LogP contribution is -2.48. The van der Waals surface area contributed by atoms with Gasteiger partial charge < -0.3 is 9.80 Å². The van der Waals surface area contributed by atoms with Crippen molar-refractivity contribution in [1.29, 1.82) is 0 Å². The summed E-state index contributed by atoms with van der Waals surface area (Å²) in [6.07, 6.45) is 0.241. The number of sulfonamides is 1. The van der Waals surface area contributed by atoms with E-state index in [1.807, 2.05) is 29.2 Å². The third-order valence-corrected chi connectivity index (χ3v) is 6.70. The van der Waals surface area contributed by atoms with E-state index in [-0.39, 0.29) is 23.8 Å². The number of fused-ring (bicyclic) bond motifs is 1. The van der Waals surface area contributed by atoms with E-state index < -0.39 is 10.0 Å². The summed E-state index contributed by atoms with van der Waals surface area (Å²) in [6.45, 7) is 3.00. The van der Waals surface area contributed by atoms with E-state index >= 15 is 0 Å². The molecule has 2 aromatic rings. The number of carbonyl (C=O) groups excluding carboxylic acids is 1. The first-order valence-corrected chi connectivity index (χ1v) is 11.3. The van der Waals surface area contributed by atoms with Crippen LogP contribution in [0.1, 0.15) is 12.0 Å². The Bertz CT molecular complexity index is 1060. The molecule has 0 unspecified atom stereocenters. The van der Waals surface area contributed by atoms with Crippen LogP contribution in [0.4, 0.5) is 5.69 Å². The second-order valence-corrected chi connectivity index (χ2v) is 9.02. The minimum absolute atomic E-state index is 0.0224. The maximum Gasteiger partial charge on any atom is 0.263 e. The number of benzene rings is 2. The van der Waals surface area contributed by atoms with Crippen LogP contribution < -0.4 is 9.62 Å².